The summed E-state index contributed by atoms with van der Waals surface area (Å²) >= 11 is 0. The Morgan fingerprint density at radius 2 is 0.872 bits per heavy atom. The van der Waals surface area contributed by atoms with E-state index < -0.39 is 15.8 Å². The van der Waals surface area contributed by atoms with Crippen molar-refractivity contribution in [3.05, 3.63) is 152 Å². The first-order valence-electron chi connectivity index (χ1n) is 13.6. The van der Waals surface area contributed by atoms with Crippen molar-refractivity contribution in [2.75, 3.05) is 12.3 Å². The van der Waals surface area contributed by atoms with Crippen LogP contribution < -0.4 is 25.8 Å². The summed E-state index contributed by atoms with van der Waals surface area (Å²) in [6, 6.07) is 53.1. The quantitative estimate of drug-likeness (QED) is 0.144. The van der Waals surface area contributed by atoms with Crippen LogP contribution in [0.15, 0.2) is 152 Å². The highest BCUT2D eigenvalue weighted by molar-refractivity contribution is 7.73. The van der Waals surface area contributed by atoms with Gasteiger partial charge < -0.3 is 0 Å². The SMILES string of the molecule is c1ccc(P(CCn2c[n+](CCP(c3ccccc3)c3ccccc3)c3ccccc32)c2ccccc2)cc1. The van der Waals surface area contributed by atoms with E-state index in [1.54, 1.807) is 0 Å². The second kappa shape index (κ2) is 12.5. The normalized spacial score (nSPS) is 11.4. The maximum atomic E-state index is 2.48. The van der Waals surface area contributed by atoms with Crippen LogP contribution in [0.2, 0.25) is 0 Å². The minimum Gasteiger partial charge on any atom is -0.229 e. The van der Waals surface area contributed by atoms with Crippen molar-refractivity contribution in [1.82, 2.24) is 4.57 Å². The molecule has 0 amide bonds. The van der Waals surface area contributed by atoms with Crippen LogP contribution in [0.25, 0.3) is 11.0 Å². The molecule has 0 aliphatic carbocycles. The van der Waals surface area contributed by atoms with Gasteiger partial charge in [0.05, 0.1) is 13.1 Å². The predicted octanol–water partition coefficient (Wildman–Crippen LogP) is 6.19. The van der Waals surface area contributed by atoms with Crippen molar-refractivity contribution in [1.29, 1.82) is 0 Å². The lowest BCUT2D eigenvalue weighted by molar-refractivity contribution is -0.667. The number of rotatable bonds is 10. The first-order chi connectivity index (χ1) is 19.4. The molecule has 6 aromatic rings. The molecule has 0 unspecified atom stereocenters. The van der Waals surface area contributed by atoms with Gasteiger partial charge in [-0.1, -0.05) is 133 Å². The fourth-order valence-corrected chi connectivity index (χ4v) is 9.85. The number of aromatic nitrogens is 2. The number of fused-ring (bicyclic) bond motifs is 1. The third-order valence-electron chi connectivity index (χ3n) is 7.18. The molecule has 2 nitrogen and oxygen atoms in total. The molecule has 39 heavy (non-hydrogen) atoms. The Bertz CT molecular complexity index is 1400. The minimum atomic E-state index is -0.426. The predicted molar refractivity (Wildman–Crippen MR) is 170 cm³/mol. The molecule has 0 saturated heterocycles. The van der Waals surface area contributed by atoms with E-state index in [0.29, 0.717) is 0 Å². The number of hydrogen-bond acceptors (Lipinski definition) is 0. The fraction of sp³-hybridized carbons (Fsp3) is 0.114. The van der Waals surface area contributed by atoms with Gasteiger partial charge in [0, 0.05) is 12.3 Å². The summed E-state index contributed by atoms with van der Waals surface area (Å²) in [7, 11) is -0.853. The minimum absolute atomic E-state index is 0.426. The molecule has 0 bridgehead atoms. The van der Waals surface area contributed by atoms with Gasteiger partial charge in [-0.25, -0.2) is 9.13 Å². The second-order valence-electron chi connectivity index (χ2n) is 9.64. The fourth-order valence-electron chi connectivity index (χ4n) is 5.26. The highest BCUT2D eigenvalue weighted by Gasteiger charge is 2.21. The molecule has 192 valence electrons. The van der Waals surface area contributed by atoms with Crippen LogP contribution in [0.4, 0.5) is 0 Å². The molecule has 0 saturated carbocycles. The van der Waals surface area contributed by atoms with Crippen molar-refractivity contribution < 1.29 is 4.57 Å². The van der Waals surface area contributed by atoms with Gasteiger partial charge in [0.25, 0.3) is 0 Å². The Labute approximate surface area is 234 Å². The van der Waals surface area contributed by atoms with Crippen molar-refractivity contribution in [2.45, 2.75) is 13.1 Å². The molecule has 1 aromatic heterocycles. The molecule has 0 aliphatic rings. The number of para-hydroxylation sites is 2. The van der Waals surface area contributed by atoms with Crippen molar-refractivity contribution in [3.63, 3.8) is 0 Å². The number of imidazole rings is 1. The second-order valence-corrected chi connectivity index (χ2v) is 14.3. The van der Waals surface area contributed by atoms with Gasteiger partial charge in [0.15, 0.2) is 11.0 Å². The largest absolute Gasteiger partial charge is 0.244 e. The van der Waals surface area contributed by atoms with E-state index in [4.69, 9.17) is 0 Å². The van der Waals surface area contributed by atoms with Crippen molar-refractivity contribution in [3.8, 4) is 0 Å². The van der Waals surface area contributed by atoms with Gasteiger partial charge in [-0.2, -0.15) is 0 Å². The Morgan fingerprint density at radius 3 is 1.36 bits per heavy atom. The van der Waals surface area contributed by atoms with Crippen molar-refractivity contribution >= 4 is 48.1 Å². The van der Waals surface area contributed by atoms with Gasteiger partial charge in [0.2, 0.25) is 6.33 Å². The maximum Gasteiger partial charge on any atom is 0.244 e. The molecule has 4 heteroatoms. The molecule has 0 fully saturated rings. The maximum absolute atomic E-state index is 2.48. The van der Waals surface area contributed by atoms with Crippen LogP contribution in [0.3, 0.4) is 0 Å². The monoisotopic (exact) mass is 543 g/mol. The molecule has 0 aliphatic heterocycles. The summed E-state index contributed by atoms with van der Waals surface area (Å²) in [4.78, 5) is 0. The van der Waals surface area contributed by atoms with Gasteiger partial charge >= 0.3 is 0 Å². The summed E-state index contributed by atoms with van der Waals surface area (Å²) in [5.74, 6) is 0. The molecule has 1 heterocycles. The summed E-state index contributed by atoms with van der Waals surface area (Å²) < 4.78 is 4.95. The van der Waals surface area contributed by atoms with Gasteiger partial charge in [0.1, 0.15) is 0 Å². The molecule has 5 aromatic carbocycles. The van der Waals surface area contributed by atoms with Crippen LogP contribution in [0.1, 0.15) is 0 Å². The Morgan fingerprint density at radius 1 is 0.462 bits per heavy atom. The van der Waals surface area contributed by atoms with E-state index in [2.05, 4.69) is 161 Å². The number of aryl methyl sites for hydroxylation is 2. The molecule has 6 rings (SSSR count). The number of benzene rings is 5. The summed E-state index contributed by atoms with van der Waals surface area (Å²) in [5, 5.41) is 5.78. The molecule has 0 atom stereocenters. The van der Waals surface area contributed by atoms with Crippen LogP contribution in [0, 0.1) is 0 Å². The van der Waals surface area contributed by atoms with E-state index in [0.717, 1.165) is 25.4 Å². The van der Waals surface area contributed by atoms with E-state index in [1.807, 2.05) is 0 Å². The smallest absolute Gasteiger partial charge is 0.229 e. The van der Waals surface area contributed by atoms with Gasteiger partial charge in [-0.15, -0.1) is 0 Å². The Balaban J connectivity index is 1.27. The van der Waals surface area contributed by atoms with Crippen molar-refractivity contribution in [2.24, 2.45) is 0 Å². The van der Waals surface area contributed by atoms with Crippen LogP contribution in [-0.2, 0) is 13.1 Å². The lowest BCUT2D eigenvalue weighted by atomic mass is 10.3. The highest BCUT2D eigenvalue weighted by atomic mass is 31.1. The standard InChI is InChI=1S/C35H33N2P2/c1-5-15-30(16-6-1)38(31-17-7-2-8-18-31)27-25-36-29-37(35-24-14-13-23-34(35)36)26-28-39(32-19-9-3-10-20-32)33-21-11-4-12-22-33/h1-24,29H,25-28H2/q+1. The lowest BCUT2D eigenvalue weighted by Crippen LogP contribution is -2.35. The molecule has 0 N–H and O–H groups in total. The topological polar surface area (TPSA) is 8.81 Å². The molecule has 0 radical (unpaired) electrons. The van der Waals surface area contributed by atoms with E-state index >= 15 is 0 Å². The average Bonchev–Trinajstić information content (AvgIpc) is 3.37. The zero-order valence-electron chi connectivity index (χ0n) is 22.1. The van der Waals surface area contributed by atoms with Gasteiger partial charge in [-0.3, -0.25) is 0 Å². The first kappa shape index (κ1) is 25.7. The lowest BCUT2D eigenvalue weighted by Gasteiger charge is -2.18. The van der Waals surface area contributed by atoms with Crippen LogP contribution >= 0.6 is 15.8 Å². The third-order valence-corrected chi connectivity index (χ3v) is 12.2. The number of hydrogen-bond donors (Lipinski definition) is 0. The van der Waals surface area contributed by atoms with Crippen LogP contribution in [-0.4, -0.2) is 16.9 Å². The number of nitrogens with zero attached hydrogens (tertiary/aromatic N) is 2. The zero-order chi connectivity index (χ0) is 26.3. The Hall–Kier alpha value is -3.57. The van der Waals surface area contributed by atoms with E-state index in [1.165, 1.54) is 32.3 Å². The van der Waals surface area contributed by atoms with Crippen LogP contribution in [0.5, 0.6) is 0 Å². The van der Waals surface area contributed by atoms with E-state index in [-0.39, 0.29) is 0 Å². The summed E-state index contributed by atoms with van der Waals surface area (Å²) in [5.41, 5.74) is 2.63. The van der Waals surface area contributed by atoms with E-state index in [9.17, 15) is 0 Å². The molecular weight excluding hydrogens is 510 g/mol. The summed E-state index contributed by atoms with van der Waals surface area (Å²) in [6.45, 7) is 1.99. The Kier molecular flexibility index (Phi) is 8.25. The first-order valence-corrected chi connectivity index (χ1v) is 16.6. The zero-order valence-corrected chi connectivity index (χ0v) is 23.8. The third kappa shape index (κ3) is 6.04. The molecular formula is C35H33N2P2+. The molecule has 0 spiro atoms. The highest BCUT2D eigenvalue weighted by Crippen LogP contribution is 2.35. The van der Waals surface area contributed by atoms with Gasteiger partial charge in [-0.05, 0) is 49.2 Å². The summed E-state index contributed by atoms with van der Waals surface area (Å²) in [6.07, 6.45) is 4.59. The average molecular weight is 544 g/mol.